The average molecular weight is 371 g/mol. The lowest BCUT2D eigenvalue weighted by Crippen LogP contribution is -2.13. The molecule has 0 spiro atoms. The van der Waals surface area contributed by atoms with Gasteiger partial charge in [0.2, 0.25) is 0 Å². The molecule has 1 aliphatic rings. The molecular formula is C18H17N3O4S. The average Bonchev–Trinajstić information content (AvgIpc) is 3.07. The number of rotatable bonds is 4. The van der Waals surface area contributed by atoms with Crippen molar-refractivity contribution in [2.24, 2.45) is 0 Å². The maximum atomic E-state index is 12.7. The Morgan fingerprint density at radius 3 is 2.65 bits per heavy atom. The van der Waals surface area contributed by atoms with Crippen LogP contribution >= 0.6 is 0 Å². The number of aromatic nitrogens is 2. The number of benzene rings is 2. The van der Waals surface area contributed by atoms with Gasteiger partial charge in [0.1, 0.15) is 0 Å². The third kappa shape index (κ3) is 3.36. The van der Waals surface area contributed by atoms with E-state index in [-0.39, 0.29) is 4.90 Å². The first-order valence-corrected chi connectivity index (χ1v) is 9.63. The SMILES string of the molecule is O=S(=O)(Nc1cccc(-n2cccn2)c1)c1ccc2c(c1)OCCCO2. The van der Waals surface area contributed by atoms with Gasteiger partial charge in [-0.3, -0.25) is 4.72 Å². The molecule has 1 aliphatic heterocycles. The van der Waals surface area contributed by atoms with Crippen molar-refractivity contribution in [1.82, 2.24) is 9.78 Å². The fourth-order valence-corrected chi connectivity index (χ4v) is 3.72. The molecule has 0 saturated carbocycles. The first kappa shape index (κ1) is 16.5. The van der Waals surface area contributed by atoms with Gasteiger partial charge >= 0.3 is 0 Å². The maximum absolute atomic E-state index is 12.7. The van der Waals surface area contributed by atoms with Crippen LogP contribution in [0.3, 0.4) is 0 Å². The number of fused-ring (bicyclic) bond motifs is 1. The topological polar surface area (TPSA) is 82.5 Å². The van der Waals surface area contributed by atoms with Gasteiger partial charge in [-0.05, 0) is 36.4 Å². The molecule has 0 unspecified atom stereocenters. The van der Waals surface area contributed by atoms with Gasteiger partial charge in [-0.25, -0.2) is 13.1 Å². The summed E-state index contributed by atoms with van der Waals surface area (Å²) in [4.78, 5) is 0.117. The molecule has 3 aromatic rings. The van der Waals surface area contributed by atoms with E-state index in [1.807, 2.05) is 6.07 Å². The Morgan fingerprint density at radius 1 is 1.00 bits per heavy atom. The first-order chi connectivity index (χ1) is 12.6. The van der Waals surface area contributed by atoms with Crippen LogP contribution in [0.2, 0.25) is 0 Å². The summed E-state index contributed by atoms with van der Waals surface area (Å²) in [7, 11) is -3.76. The summed E-state index contributed by atoms with van der Waals surface area (Å²) in [6.07, 6.45) is 4.21. The van der Waals surface area contributed by atoms with E-state index in [4.69, 9.17) is 9.47 Å². The van der Waals surface area contributed by atoms with Crippen molar-refractivity contribution in [3.8, 4) is 17.2 Å². The molecule has 7 nitrogen and oxygen atoms in total. The lowest BCUT2D eigenvalue weighted by molar-refractivity contribution is 0.297. The fraction of sp³-hybridized carbons (Fsp3) is 0.167. The molecule has 2 aromatic carbocycles. The summed E-state index contributed by atoms with van der Waals surface area (Å²) in [5.41, 5.74) is 1.21. The molecule has 0 radical (unpaired) electrons. The lowest BCUT2D eigenvalue weighted by Gasteiger charge is -2.12. The monoisotopic (exact) mass is 371 g/mol. The van der Waals surface area contributed by atoms with Gasteiger partial charge in [-0.2, -0.15) is 5.10 Å². The molecule has 8 heteroatoms. The van der Waals surface area contributed by atoms with Gasteiger partial charge in [-0.15, -0.1) is 0 Å². The largest absolute Gasteiger partial charge is 0.490 e. The molecule has 4 rings (SSSR count). The Bertz CT molecular complexity index is 1020. The molecule has 26 heavy (non-hydrogen) atoms. The number of hydrogen-bond donors (Lipinski definition) is 1. The van der Waals surface area contributed by atoms with E-state index in [2.05, 4.69) is 9.82 Å². The Morgan fingerprint density at radius 2 is 1.85 bits per heavy atom. The van der Waals surface area contributed by atoms with Gasteiger partial charge in [0.05, 0.1) is 29.5 Å². The quantitative estimate of drug-likeness (QED) is 0.763. The molecule has 1 aromatic heterocycles. The van der Waals surface area contributed by atoms with Crippen LogP contribution in [0.25, 0.3) is 5.69 Å². The van der Waals surface area contributed by atoms with Crippen molar-refractivity contribution in [2.75, 3.05) is 17.9 Å². The molecular weight excluding hydrogens is 354 g/mol. The predicted octanol–water partition coefficient (Wildman–Crippen LogP) is 2.83. The van der Waals surface area contributed by atoms with Crippen LogP contribution in [0, 0.1) is 0 Å². The zero-order chi connectivity index (χ0) is 18.0. The maximum Gasteiger partial charge on any atom is 0.262 e. The van der Waals surface area contributed by atoms with Crippen LogP contribution in [0.4, 0.5) is 5.69 Å². The number of sulfonamides is 1. The highest BCUT2D eigenvalue weighted by atomic mass is 32.2. The van der Waals surface area contributed by atoms with Crippen molar-refractivity contribution in [3.63, 3.8) is 0 Å². The fourth-order valence-electron chi connectivity index (χ4n) is 2.66. The minimum Gasteiger partial charge on any atom is -0.490 e. The van der Waals surface area contributed by atoms with E-state index in [1.54, 1.807) is 47.4 Å². The second-order valence-electron chi connectivity index (χ2n) is 5.77. The van der Waals surface area contributed by atoms with Crippen LogP contribution in [-0.4, -0.2) is 31.4 Å². The van der Waals surface area contributed by atoms with E-state index in [1.165, 1.54) is 12.1 Å². The molecule has 134 valence electrons. The molecule has 0 bridgehead atoms. The number of nitrogens with zero attached hydrogens (tertiary/aromatic N) is 2. The Labute approximate surface area is 151 Å². The van der Waals surface area contributed by atoms with Crippen LogP contribution < -0.4 is 14.2 Å². The molecule has 0 atom stereocenters. The minimum atomic E-state index is -3.76. The molecule has 2 heterocycles. The molecule has 0 aliphatic carbocycles. The Hall–Kier alpha value is -3.00. The standard InChI is InChI=1S/C18H17N3O4S/c22-26(23,16-6-7-17-18(13-16)25-11-3-10-24-17)20-14-4-1-5-15(12-14)21-9-2-8-19-21/h1-2,4-9,12-13,20H,3,10-11H2. The highest BCUT2D eigenvalue weighted by Gasteiger charge is 2.19. The molecule has 1 N–H and O–H groups in total. The summed E-state index contributed by atoms with van der Waals surface area (Å²) in [6, 6.07) is 13.4. The summed E-state index contributed by atoms with van der Waals surface area (Å²) in [5.74, 6) is 0.998. The van der Waals surface area contributed by atoms with Gasteiger partial charge in [0.15, 0.2) is 11.5 Å². The number of nitrogens with one attached hydrogen (secondary N) is 1. The van der Waals surface area contributed by atoms with Gasteiger partial charge in [0, 0.05) is 24.9 Å². The molecule has 0 saturated heterocycles. The van der Waals surface area contributed by atoms with Crippen molar-refractivity contribution < 1.29 is 17.9 Å². The molecule has 0 amide bonds. The normalized spacial score (nSPS) is 13.8. The van der Waals surface area contributed by atoms with Crippen molar-refractivity contribution >= 4 is 15.7 Å². The van der Waals surface area contributed by atoms with Crippen LogP contribution in [-0.2, 0) is 10.0 Å². The third-order valence-electron chi connectivity index (χ3n) is 3.90. The number of ether oxygens (including phenoxy) is 2. The summed E-state index contributed by atoms with van der Waals surface area (Å²) < 4.78 is 40.8. The van der Waals surface area contributed by atoms with Crippen molar-refractivity contribution in [3.05, 3.63) is 60.9 Å². The zero-order valence-electron chi connectivity index (χ0n) is 13.8. The van der Waals surface area contributed by atoms with Crippen LogP contribution in [0.15, 0.2) is 65.8 Å². The van der Waals surface area contributed by atoms with Gasteiger partial charge in [0.25, 0.3) is 10.0 Å². The summed E-state index contributed by atoms with van der Waals surface area (Å²) >= 11 is 0. The van der Waals surface area contributed by atoms with Gasteiger partial charge < -0.3 is 9.47 Å². The van der Waals surface area contributed by atoms with E-state index in [0.29, 0.717) is 30.4 Å². The van der Waals surface area contributed by atoms with Crippen molar-refractivity contribution in [1.29, 1.82) is 0 Å². The van der Waals surface area contributed by atoms with E-state index >= 15 is 0 Å². The van der Waals surface area contributed by atoms with E-state index in [0.717, 1.165) is 12.1 Å². The molecule has 0 fully saturated rings. The second-order valence-corrected chi connectivity index (χ2v) is 7.45. The van der Waals surface area contributed by atoms with E-state index in [9.17, 15) is 8.42 Å². The highest BCUT2D eigenvalue weighted by molar-refractivity contribution is 7.92. The van der Waals surface area contributed by atoms with Crippen LogP contribution in [0.1, 0.15) is 6.42 Å². The summed E-state index contributed by atoms with van der Waals surface area (Å²) in [6.45, 7) is 1.05. The van der Waals surface area contributed by atoms with Crippen molar-refractivity contribution in [2.45, 2.75) is 11.3 Å². The third-order valence-corrected chi connectivity index (χ3v) is 5.28. The lowest BCUT2D eigenvalue weighted by atomic mass is 10.3. The second kappa shape index (κ2) is 6.72. The highest BCUT2D eigenvalue weighted by Crippen LogP contribution is 2.32. The summed E-state index contributed by atoms with van der Waals surface area (Å²) in [5, 5.41) is 4.15. The minimum absolute atomic E-state index is 0.117. The Kier molecular flexibility index (Phi) is 4.26. The smallest absolute Gasteiger partial charge is 0.262 e. The van der Waals surface area contributed by atoms with Crippen LogP contribution in [0.5, 0.6) is 11.5 Å². The number of anilines is 1. The van der Waals surface area contributed by atoms with Gasteiger partial charge in [-0.1, -0.05) is 6.07 Å². The Balaban J connectivity index is 1.62. The zero-order valence-corrected chi connectivity index (χ0v) is 14.6. The number of hydrogen-bond acceptors (Lipinski definition) is 5. The first-order valence-electron chi connectivity index (χ1n) is 8.14. The predicted molar refractivity (Wildman–Crippen MR) is 96.4 cm³/mol. The van der Waals surface area contributed by atoms with E-state index < -0.39 is 10.0 Å².